The van der Waals surface area contributed by atoms with Crippen molar-refractivity contribution in [3.63, 3.8) is 0 Å². The fourth-order valence-electron chi connectivity index (χ4n) is 2.40. The van der Waals surface area contributed by atoms with Gasteiger partial charge in [-0.1, -0.05) is 51.4 Å². The Morgan fingerprint density at radius 3 is 2.13 bits per heavy atom. The summed E-state index contributed by atoms with van der Waals surface area (Å²) in [5, 5.41) is 11.1. The molecule has 124 valence electrons. The van der Waals surface area contributed by atoms with Crippen LogP contribution < -0.4 is 0 Å². The molecule has 5 heteroatoms. The Balaban J connectivity index is 2.58. The second kappa shape index (κ2) is 6.17. The second-order valence-electron chi connectivity index (χ2n) is 6.53. The van der Waals surface area contributed by atoms with E-state index in [0.29, 0.717) is 10.6 Å². The van der Waals surface area contributed by atoms with E-state index in [1.54, 1.807) is 43.3 Å². The first-order chi connectivity index (χ1) is 10.6. The molecule has 0 aromatic heterocycles. The van der Waals surface area contributed by atoms with Gasteiger partial charge in [0, 0.05) is 16.1 Å². The van der Waals surface area contributed by atoms with Gasteiger partial charge in [0.1, 0.15) is 5.75 Å². The molecule has 0 aliphatic carbocycles. The molecule has 3 nitrogen and oxygen atoms in total. The quantitative estimate of drug-likeness (QED) is 0.862. The molecule has 0 fully saturated rings. The third-order valence-corrected chi connectivity index (χ3v) is 5.76. The Morgan fingerprint density at radius 1 is 1.09 bits per heavy atom. The number of phenolic OH excluding ortho intramolecular Hbond substituents is 1. The lowest BCUT2D eigenvalue weighted by atomic mass is 9.84. The van der Waals surface area contributed by atoms with Crippen LogP contribution in [0.15, 0.2) is 41.3 Å². The maximum Gasteiger partial charge on any atom is 0.178 e. The minimum Gasteiger partial charge on any atom is -0.507 e. The first-order valence-electron chi connectivity index (χ1n) is 7.42. The number of hydrogen-bond donors (Lipinski definition) is 1. The first kappa shape index (κ1) is 17.8. The lowest BCUT2D eigenvalue weighted by Gasteiger charge is -2.22. The summed E-state index contributed by atoms with van der Waals surface area (Å²) in [6.07, 6.45) is 0. The molecular formula is C18H21ClO3S. The second-order valence-corrected chi connectivity index (χ2v) is 9.24. The molecule has 2 aromatic carbocycles. The maximum absolute atomic E-state index is 11.9. The number of halogens is 1. The van der Waals surface area contributed by atoms with Crippen molar-refractivity contribution in [1.82, 2.24) is 0 Å². The molecule has 0 aliphatic heterocycles. The van der Waals surface area contributed by atoms with Crippen LogP contribution in [-0.2, 0) is 15.3 Å². The van der Waals surface area contributed by atoms with Crippen LogP contribution in [0.3, 0.4) is 0 Å². The van der Waals surface area contributed by atoms with Gasteiger partial charge in [-0.3, -0.25) is 0 Å². The molecular weight excluding hydrogens is 332 g/mol. The van der Waals surface area contributed by atoms with Crippen LogP contribution in [0.25, 0.3) is 11.1 Å². The highest BCUT2D eigenvalue weighted by molar-refractivity contribution is 7.91. The molecule has 0 radical (unpaired) electrons. The number of sulfone groups is 1. The van der Waals surface area contributed by atoms with Crippen molar-refractivity contribution >= 4 is 21.4 Å². The molecule has 0 saturated heterocycles. The van der Waals surface area contributed by atoms with E-state index in [9.17, 15) is 13.5 Å². The fourth-order valence-corrected chi connectivity index (χ4v) is 3.50. The van der Waals surface area contributed by atoms with E-state index in [4.69, 9.17) is 11.6 Å². The number of phenols is 1. The van der Waals surface area contributed by atoms with E-state index in [0.717, 1.165) is 11.1 Å². The third-order valence-electron chi connectivity index (χ3n) is 3.79. The molecule has 0 heterocycles. The van der Waals surface area contributed by atoms with Crippen molar-refractivity contribution < 1.29 is 13.5 Å². The van der Waals surface area contributed by atoms with Crippen molar-refractivity contribution in [2.24, 2.45) is 0 Å². The van der Waals surface area contributed by atoms with Crippen LogP contribution in [-0.4, -0.2) is 19.3 Å². The monoisotopic (exact) mass is 352 g/mol. The van der Waals surface area contributed by atoms with Gasteiger partial charge in [-0.2, -0.15) is 0 Å². The minimum absolute atomic E-state index is 0.0585. The van der Waals surface area contributed by atoms with Crippen molar-refractivity contribution in [3.05, 3.63) is 47.0 Å². The van der Waals surface area contributed by atoms with Gasteiger partial charge in [0.05, 0.1) is 10.6 Å². The van der Waals surface area contributed by atoms with Gasteiger partial charge in [-0.05, 0) is 35.2 Å². The molecule has 2 rings (SSSR count). The highest BCUT2D eigenvalue weighted by Gasteiger charge is 2.22. The molecule has 0 saturated carbocycles. The van der Waals surface area contributed by atoms with E-state index in [2.05, 4.69) is 0 Å². The summed E-state index contributed by atoms with van der Waals surface area (Å²) in [6, 6.07) is 9.96. The smallest absolute Gasteiger partial charge is 0.178 e. The summed E-state index contributed by atoms with van der Waals surface area (Å²) in [7, 11) is -3.24. The van der Waals surface area contributed by atoms with Gasteiger partial charge in [0.25, 0.3) is 0 Å². The summed E-state index contributed by atoms with van der Waals surface area (Å²) in [4.78, 5) is 0.279. The van der Waals surface area contributed by atoms with Gasteiger partial charge in [0.15, 0.2) is 9.84 Å². The average molecular weight is 353 g/mol. The Kier molecular flexibility index (Phi) is 4.79. The van der Waals surface area contributed by atoms with Crippen molar-refractivity contribution in [2.45, 2.75) is 38.0 Å². The topological polar surface area (TPSA) is 54.4 Å². The zero-order valence-electron chi connectivity index (χ0n) is 13.7. The molecule has 0 aliphatic rings. The van der Waals surface area contributed by atoms with E-state index in [1.807, 2.05) is 20.8 Å². The molecule has 0 atom stereocenters. The Labute approximate surface area is 142 Å². The number of benzene rings is 2. The van der Waals surface area contributed by atoms with Crippen LogP contribution in [0, 0.1) is 0 Å². The summed E-state index contributed by atoms with van der Waals surface area (Å²) >= 11 is 6.20. The minimum atomic E-state index is -3.24. The number of rotatable bonds is 3. The predicted molar refractivity (Wildman–Crippen MR) is 95.0 cm³/mol. The molecule has 2 aromatic rings. The van der Waals surface area contributed by atoms with Gasteiger partial charge < -0.3 is 5.11 Å². The molecule has 1 N–H and O–H groups in total. The lowest BCUT2D eigenvalue weighted by Crippen LogP contribution is -2.11. The van der Waals surface area contributed by atoms with Crippen molar-refractivity contribution in [3.8, 4) is 16.9 Å². The summed E-state index contributed by atoms with van der Waals surface area (Å²) in [5.74, 6) is 0.233. The molecule has 0 spiro atoms. The molecule has 0 unspecified atom stereocenters. The zero-order valence-corrected chi connectivity index (χ0v) is 15.3. The largest absolute Gasteiger partial charge is 0.507 e. The standard InChI is InChI=1S/C18H21ClO3S/c1-5-23(21,22)14-8-6-12(7-9-14)15-10-13(19)11-16(17(15)20)18(2,3)4/h6-11,20H,5H2,1-4H3. The Hall–Kier alpha value is -1.52. The van der Waals surface area contributed by atoms with Crippen LogP contribution in [0.5, 0.6) is 5.75 Å². The summed E-state index contributed by atoms with van der Waals surface area (Å²) in [5.41, 5.74) is 1.83. The average Bonchev–Trinajstić information content (AvgIpc) is 2.48. The van der Waals surface area contributed by atoms with Gasteiger partial charge in [-0.15, -0.1) is 0 Å². The van der Waals surface area contributed by atoms with E-state index in [1.165, 1.54) is 0 Å². The highest BCUT2D eigenvalue weighted by atomic mass is 35.5. The summed E-state index contributed by atoms with van der Waals surface area (Å²) in [6.45, 7) is 7.61. The third kappa shape index (κ3) is 3.70. The summed E-state index contributed by atoms with van der Waals surface area (Å²) < 4.78 is 23.8. The van der Waals surface area contributed by atoms with Crippen molar-refractivity contribution in [1.29, 1.82) is 0 Å². The Morgan fingerprint density at radius 2 is 1.65 bits per heavy atom. The lowest BCUT2D eigenvalue weighted by molar-refractivity contribution is 0.448. The van der Waals surface area contributed by atoms with E-state index < -0.39 is 9.84 Å². The predicted octanol–water partition coefficient (Wildman–Crippen LogP) is 4.80. The van der Waals surface area contributed by atoms with Crippen molar-refractivity contribution in [2.75, 3.05) is 5.75 Å². The Bertz CT molecular complexity index is 817. The number of hydrogen-bond acceptors (Lipinski definition) is 3. The van der Waals surface area contributed by atoms with Crippen LogP contribution in [0.4, 0.5) is 0 Å². The number of aromatic hydroxyl groups is 1. The van der Waals surface area contributed by atoms with Gasteiger partial charge in [0.2, 0.25) is 0 Å². The van der Waals surface area contributed by atoms with Gasteiger partial charge in [-0.25, -0.2) is 8.42 Å². The van der Waals surface area contributed by atoms with Crippen LogP contribution in [0.1, 0.15) is 33.3 Å². The van der Waals surface area contributed by atoms with E-state index >= 15 is 0 Å². The molecule has 0 bridgehead atoms. The SMILES string of the molecule is CCS(=O)(=O)c1ccc(-c2cc(Cl)cc(C(C)(C)C)c2O)cc1. The van der Waals surface area contributed by atoms with Gasteiger partial charge >= 0.3 is 0 Å². The normalized spacial score (nSPS) is 12.4. The first-order valence-corrected chi connectivity index (χ1v) is 9.45. The van der Waals surface area contributed by atoms with E-state index in [-0.39, 0.29) is 21.8 Å². The van der Waals surface area contributed by atoms with Crippen LogP contribution in [0.2, 0.25) is 5.02 Å². The zero-order chi connectivity index (χ0) is 17.4. The fraction of sp³-hybridized carbons (Fsp3) is 0.333. The molecule has 23 heavy (non-hydrogen) atoms. The highest BCUT2D eigenvalue weighted by Crippen LogP contribution is 2.40. The molecule has 0 amide bonds. The maximum atomic E-state index is 11.9. The van der Waals surface area contributed by atoms with Crippen LogP contribution >= 0.6 is 11.6 Å².